The third-order valence-electron chi connectivity index (χ3n) is 10.3. The van der Waals surface area contributed by atoms with Crippen LogP contribution in [0.2, 0.25) is 0 Å². The Labute approximate surface area is 362 Å². The maximum atomic E-state index is 12.7. The first kappa shape index (κ1) is 57.2. The maximum Gasteiger partial charge on any atom is 0.472 e. The van der Waals surface area contributed by atoms with E-state index < -0.39 is 32.6 Å². The monoisotopic (exact) mass is 857 g/mol. The van der Waals surface area contributed by atoms with Crippen LogP contribution in [0, 0.1) is 0 Å². The van der Waals surface area contributed by atoms with Gasteiger partial charge in [0.05, 0.1) is 33.9 Å². The molecular formula is C48H91NO9P+. The predicted molar refractivity (Wildman–Crippen MR) is 244 cm³/mol. The summed E-state index contributed by atoms with van der Waals surface area (Å²) in [6, 6.07) is 0. The first-order chi connectivity index (χ1) is 28.4. The number of unbranched alkanes of at least 4 members (excludes halogenated alkanes) is 23. The van der Waals surface area contributed by atoms with Crippen molar-refractivity contribution in [3.63, 3.8) is 0 Å². The number of allylic oxidation sites excluding steroid dienone is 4. The molecule has 0 saturated heterocycles. The van der Waals surface area contributed by atoms with E-state index in [2.05, 4.69) is 26.0 Å². The van der Waals surface area contributed by atoms with Gasteiger partial charge in [0.2, 0.25) is 0 Å². The van der Waals surface area contributed by atoms with Gasteiger partial charge in [-0.3, -0.25) is 18.6 Å². The van der Waals surface area contributed by atoms with Gasteiger partial charge in [-0.25, -0.2) is 4.57 Å². The summed E-state index contributed by atoms with van der Waals surface area (Å²) >= 11 is 0. The highest BCUT2D eigenvalue weighted by Gasteiger charge is 2.27. The summed E-state index contributed by atoms with van der Waals surface area (Å²) in [4.78, 5) is 35.4. The molecule has 0 radical (unpaired) electrons. The van der Waals surface area contributed by atoms with E-state index in [9.17, 15) is 24.2 Å². The molecule has 11 heteroatoms. The highest BCUT2D eigenvalue weighted by atomic mass is 31.2. The van der Waals surface area contributed by atoms with E-state index in [-0.39, 0.29) is 32.0 Å². The Kier molecular flexibility index (Phi) is 39.0. The summed E-state index contributed by atoms with van der Waals surface area (Å²) in [5, 5.41) is 9.90. The molecule has 2 unspecified atom stereocenters. The van der Waals surface area contributed by atoms with Gasteiger partial charge in [-0.05, 0) is 38.5 Å². The molecule has 0 bridgehead atoms. The molecule has 0 saturated carbocycles. The van der Waals surface area contributed by atoms with E-state index >= 15 is 0 Å². The molecule has 0 aromatic carbocycles. The average Bonchev–Trinajstić information content (AvgIpc) is 3.18. The van der Waals surface area contributed by atoms with E-state index in [0.29, 0.717) is 23.9 Å². The third kappa shape index (κ3) is 44.1. The van der Waals surface area contributed by atoms with Gasteiger partial charge in [0.15, 0.2) is 6.10 Å². The van der Waals surface area contributed by atoms with Gasteiger partial charge in [-0.1, -0.05) is 185 Å². The molecule has 0 fully saturated rings. The minimum Gasteiger partial charge on any atom is -0.462 e. The topological polar surface area (TPSA) is 129 Å². The molecule has 346 valence electrons. The molecule has 0 aliphatic heterocycles. The number of quaternary nitrogens is 1. The van der Waals surface area contributed by atoms with Crippen LogP contribution < -0.4 is 0 Å². The molecule has 0 spiro atoms. The molecule has 0 amide bonds. The van der Waals surface area contributed by atoms with Crippen molar-refractivity contribution in [2.75, 3.05) is 47.5 Å². The molecular weight excluding hydrogens is 766 g/mol. The molecule has 3 atom stereocenters. The van der Waals surface area contributed by atoms with E-state index in [1.165, 1.54) is 103 Å². The highest BCUT2D eigenvalue weighted by Crippen LogP contribution is 2.43. The Hall–Kier alpha value is -1.81. The minimum absolute atomic E-state index is 0.0187. The third-order valence-corrected chi connectivity index (χ3v) is 11.2. The Morgan fingerprint density at radius 3 is 1.61 bits per heavy atom. The molecule has 0 aliphatic carbocycles. The number of aliphatic hydroxyl groups is 1. The lowest BCUT2D eigenvalue weighted by molar-refractivity contribution is -0.870. The van der Waals surface area contributed by atoms with Gasteiger partial charge in [-0.2, -0.15) is 0 Å². The first-order valence-electron chi connectivity index (χ1n) is 23.8. The van der Waals surface area contributed by atoms with Gasteiger partial charge < -0.3 is 24.0 Å². The Bertz CT molecular complexity index is 1120. The van der Waals surface area contributed by atoms with Crippen LogP contribution in [0.25, 0.3) is 0 Å². The zero-order valence-electron chi connectivity index (χ0n) is 38.6. The second kappa shape index (κ2) is 40.3. The number of rotatable bonds is 43. The van der Waals surface area contributed by atoms with Crippen molar-refractivity contribution in [2.45, 2.75) is 212 Å². The van der Waals surface area contributed by atoms with Gasteiger partial charge in [0, 0.05) is 12.8 Å². The lowest BCUT2D eigenvalue weighted by Gasteiger charge is -2.24. The van der Waals surface area contributed by atoms with Gasteiger partial charge in [0.1, 0.15) is 19.8 Å². The van der Waals surface area contributed by atoms with Crippen LogP contribution in [0.15, 0.2) is 36.5 Å². The van der Waals surface area contributed by atoms with Crippen molar-refractivity contribution in [3.05, 3.63) is 36.5 Å². The zero-order chi connectivity index (χ0) is 43.7. The van der Waals surface area contributed by atoms with Gasteiger partial charge in [-0.15, -0.1) is 0 Å². The van der Waals surface area contributed by atoms with Crippen molar-refractivity contribution in [3.8, 4) is 0 Å². The molecule has 59 heavy (non-hydrogen) atoms. The fourth-order valence-electron chi connectivity index (χ4n) is 6.52. The highest BCUT2D eigenvalue weighted by molar-refractivity contribution is 7.47. The number of nitrogens with zero attached hydrogens (tertiary/aromatic N) is 1. The van der Waals surface area contributed by atoms with Crippen LogP contribution in [0.4, 0.5) is 0 Å². The summed E-state index contributed by atoms with van der Waals surface area (Å²) in [6.45, 7) is 4.19. The predicted octanol–water partition coefficient (Wildman–Crippen LogP) is 12.7. The van der Waals surface area contributed by atoms with Crippen LogP contribution in [0.3, 0.4) is 0 Å². The summed E-state index contributed by atoms with van der Waals surface area (Å²) in [6.07, 6.45) is 42.4. The summed E-state index contributed by atoms with van der Waals surface area (Å²) in [5.74, 6) is -0.845. The summed E-state index contributed by atoms with van der Waals surface area (Å²) in [7, 11) is 1.43. The van der Waals surface area contributed by atoms with E-state index in [4.69, 9.17) is 18.5 Å². The number of phosphoric acid groups is 1. The van der Waals surface area contributed by atoms with Crippen molar-refractivity contribution in [2.24, 2.45) is 0 Å². The van der Waals surface area contributed by atoms with Crippen LogP contribution >= 0.6 is 7.82 Å². The number of carbonyl (C=O) groups is 2. The van der Waals surface area contributed by atoms with Crippen LogP contribution in [-0.2, 0) is 32.7 Å². The molecule has 0 aliphatic rings. The van der Waals surface area contributed by atoms with Crippen molar-refractivity contribution >= 4 is 19.8 Å². The van der Waals surface area contributed by atoms with Crippen LogP contribution in [-0.4, -0.2) is 86.1 Å². The fraction of sp³-hybridized carbons (Fsp3) is 0.833. The van der Waals surface area contributed by atoms with Crippen LogP contribution in [0.1, 0.15) is 200 Å². The SMILES string of the molecule is CC/C=C/CC(O)/C=C/C=C/CCCCCCCC(=O)O[C@H](COC(=O)CCCCCCCCCCCCCCCCCCCCC)COP(=O)(O)OCC[N+](C)(C)C. The normalized spacial score (nSPS) is 14.4. The van der Waals surface area contributed by atoms with Crippen molar-refractivity contribution in [1.29, 1.82) is 0 Å². The summed E-state index contributed by atoms with van der Waals surface area (Å²) in [5.41, 5.74) is 0. The number of esters is 2. The number of aliphatic hydroxyl groups excluding tert-OH is 1. The number of hydrogen-bond acceptors (Lipinski definition) is 8. The van der Waals surface area contributed by atoms with E-state index in [1.807, 2.05) is 39.4 Å². The number of carbonyl (C=O) groups excluding carboxylic acids is 2. The molecule has 0 aromatic heterocycles. The molecule has 10 nitrogen and oxygen atoms in total. The van der Waals surface area contributed by atoms with Gasteiger partial charge in [0.25, 0.3) is 0 Å². The lowest BCUT2D eigenvalue weighted by atomic mass is 10.0. The molecule has 0 aromatic rings. The second-order valence-corrected chi connectivity index (χ2v) is 18.8. The zero-order valence-corrected chi connectivity index (χ0v) is 39.5. The molecule has 0 heterocycles. The summed E-state index contributed by atoms with van der Waals surface area (Å²) < 4.78 is 34.3. The van der Waals surface area contributed by atoms with E-state index in [1.54, 1.807) is 6.08 Å². The average molecular weight is 857 g/mol. The quantitative estimate of drug-likeness (QED) is 0.0154. The number of likely N-dealkylation sites (N-methyl/N-ethyl adjacent to an activating group) is 1. The standard InChI is InChI=1S/C48H90NO9P/c1-6-8-10-11-12-13-14-15-16-17-18-19-20-21-22-25-28-31-35-39-47(51)55-43-46(44-57-59(53,54)56-42-41-49(3,4)5)58-48(52)40-36-32-29-26-23-24-27-30-34-38-45(50)37-33-9-7-2/h9,27,30,33-34,38,45-46,50H,6-8,10-26,28-29,31-32,35-37,39-44H2,1-5H3/p+1/b30-27+,33-9+,38-34+/t45?,46-/m1/s1. The molecule has 2 N–H and O–H groups in total. The van der Waals surface area contributed by atoms with E-state index in [0.717, 1.165) is 57.8 Å². The second-order valence-electron chi connectivity index (χ2n) is 17.3. The van der Waals surface area contributed by atoms with Crippen LogP contribution in [0.5, 0.6) is 0 Å². The fourth-order valence-corrected chi connectivity index (χ4v) is 7.26. The Morgan fingerprint density at radius 2 is 1.10 bits per heavy atom. The first-order valence-corrected chi connectivity index (χ1v) is 25.3. The van der Waals surface area contributed by atoms with Gasteiger partial charge >= 0.3 is 19.8 Å². The largest absolute Gasteiger partial charge is 0.472 e. The van der Waals surface area contributed by atoms with Crippen molar-refractivity contribution < 1.29 is 47.2 Å². The Balaban J connectivity index is 4.33. The lowest BCUT2D eigenvalue weighted by Crippen LogP contribution is -2.37. The maximum absolute atomic E-state index is 12.7. The van der Waals surface area contributed by atoms with Crippen molar-refractivity contribution in [1.82, 2.24) is 0 Å². The Morgan fingerprint density at radius 1 is 0.610 bits per heavy atom. The minimum atomic E-state index is -4.39. The number of hydrogen-bond donors (Lipinski definition) is 2. The number of ether oxygens (including phenoxy) is 2. The smallest absolute Gasteiger partial charge is 0.462 e. The molecule has 0 rings (SSSR count). The number of phosphoric ester groups is 1.